The van der Waals surface area contributed by atoms with Crippen LogP contribution in [0.3, 0.4) is 0 Å². The third-order valence-corrected chi connectivity index (χ3v) is 7.20. The second-order valence-electron chi connectivity index (χ2n) is 5.18. The van der Waals surface area contributed by atoms with Gasteiger partial charge in [0.1, 0.15) is 5.02 Å². The molecular weight excluding hydrogens is 336 g/mol. The Kier molecular flexibility index (Phi) is 2.90. The second kappa shape index (κ2) is 4.51. The van der Waals surface area contributed by atoms with E-state index in [2.05, 4.69) is 28.7 Å². The van der Waals surface area contributed by atoms with Crippen molar-refractivity contribution in [3.63, 3.8) is 0 Å². The first-order valence-electron chi connectivity index (χ1n) is 6.60. The first-order chi connectivity index (χ1) is 10.4. The summed E-state index contributed by atoms with van der Waals surface area (Å²) >= 11 is 0. The Balaban J connectivity index is 2.04. The number of benzene rings is 2. The van der Waals surface area contributed by atoms with Crippen molar-refractivity contribution in [2.45, 2.75) is 9.92 Å². The predicted molar refractivity (Wildman–Crippen MR) is 93.3 cm³/mol. The number of nitrogens with zero attached hydrogens (tertiary/aromatic N) is 2. The van der Waals surface area contributed by atoms with E-state index in [4.69, 9.17) is 0 Å². The van der Waals surface area contributed by atoms with E-state index < -0.39 is 15.0 Å². The van der Waals surface area contributed by atoms with Gasteiger partial charge in [-0.1, -0.05) is 48.8 Å². The minimum atomic E-state index is -3.66. The quantitative estimate of drug-likeness (QED) is 0.687. The van der Waals surface area contributed by atoms with Crippen molar-refractivity contribution in [2.75, 3.05) is 4.31 Å². The standard InChI is InChI=1S/C14H13N3O2P2S/c18-22(19)12-8-4-2-6-10(12)14(20,21)17(22)13-9-5-1-3-7-11(9)15-16-13/h1-8H,20-21H2,(H,15,16). The Hall–Kier alpha value is -1.48. The largest absolute Gasteiger partial charge is 0.276 e. The molecule has 22 heavy (non-hydrogen) atoms. The number of anilines is 1. The number of hydrogen-bond acceptors (Lipinski definition) is 3. The molecule has 4 rings (SSSR count). The van der Waals surface area contributed by atoms with Gasteiger partial charge in [0.05, 0.1) is 10.4 Å². The van der Waals surface area contributed by atoms with Gasteiger partial charge in [0.15, 0.2) is 5.82 Å². The van der Waals surface area contributed by atoms with Gasteiger partial charge in [0.25, 0.3) is 10.0 Å². The summed E-state index contributed by atoms with van der Waals surface area (Å²) in [6.07, 6.45) is 0. The first kappa shape index (κ1) is 14.1. The molecule has 0 saturated heterocycles. The Morgan fingerprint density at radius 2 is 1.73 bits per heavy atom. The summed E-state index contributed by atoms with van der Waals surface area (Å²) in [5, 5.41) is 7.06. The van der Waals surface area contributed by atoms with Crippen LogP contribution in [0.15, 0.2) is 53.4 Å². The summed E-state index contributed by atoms with van der Waals surface area (Å²) in [5.74, 6) is 0.400. The maximum absolute atomic E-state index is 13.0. The van der Waals surface area contributed by atoms with Crippen LogP contribution in [0.5, 0.6) is 0 Å². The zero-order chi connectivity index (χ0) is 15.5. The molecule has 0 radical (unpaired) electrons. The van der Waals surface area contributed by atoms with Gasteiger partial charge in [-0.3, -0.25) is 5.10 Å². The SMILES string of the molecule is O=S1(=O)c2ccccc2C(P)(P)N1c1n[nH]c2ccccc12. The first-order valence-corrected chi connectivity index (χ1v) is 9.19. The molecule has 0 saturated carbocycles. The molecule has 0 fully saturated rings. The average molecular weight is 349 g/mol. The monoisotopic (exact) mass is 349 g/mol. The molecule has 1 aliphatic heterocycles. The number of sulfonamides is 1. The van der Waals surface area contributed by atoms with Crippen molar-refractivity contribution in [1.29, 1.82) is 0 Å². The molecule has 0 amide bonds. The normalized spacial score (nSPS) is 18.5. The minimum Gasteiger partial charge on any atom is -0.276 e. The molecule has 0 spiro atoms. The molecule has 1 aromatic heterocycles. The maximum atomic E-state index is 13.0. The van der Waals surface area contributed by atoms with Crippen molar-refractivity contribution in [1.82, 2.24) is 10.2 Å². The number of aromatic amines is 1. The third kappa shape index (κ3) is 1.72. The molecule has 0 bridgehead atoms. The molecule has 0 aliphatic carbocycles. The van der Waals surface area contributed by atoms with Crippen LogP contribution >= 0.6 is 18.5 Å². The van der Waals surface area contributed by atoms with Crippen molar-refractivity contribution in [3.05, 3.63) is 54.1 Å². The zero-order valence-corrected chi connectivity index (χ0v) is 14.5. The van der Waals surface area contributed by atoms with Crippen LogP contribution in [0.1, 0.15) is 5.56 Å². The van der Waals surface area contributed by atoms with E-state index in [1.807, 2.05) is 36.4 Å². The smallest absolute Gasteiger partial charge is 0.267 e. The number of hydrogen-bond donors (Lipinski definition) is 1. The lowest BCUT2D eigenvalue weighted by Gasteiger charge is -2.30. The summed E-state index contributed by atoms with van der Waals surface area (Å²) in [7, 11) is 1.57. The lowest BCUT2D eigenvalue weighted by molar-refractivity contribution is 0.594. The highest BCUT2D eigenvalue weighted by atomic mass is 32.2. The Morgan fingerprint density at radius 1 is 1.05 bits per heavy atom. The van der Waals surface area contributed by atoms with Crippen LogP contribution < -0.4 is 4.31 Å². The summed E-state index contributed by atoms with van der Waals surface area (Å²) in [5.41, 5.74) is 1.52. The van der Waals surface area contributed by atoms with Gasteiger partial charge < -0.3 is 0 Å². The fourth-order valence-corrected chi connectivity index (χ4v) is 6.43. The van der Waals surface area contributed by atoms with Crippen LogP contribution in [0.2, 0.25) is 0 Å². The van der Waals surface area contributed by atoms with Gasteiger partial charge in [-0.25, -0.2) is 12.7 Å². The molecular formula is C14H13N3O2P2S. The van der Waals surface area contributed by atoms with Gasteiger partial charge in [0, 0.05) is 10.9 Å². The third-order valence-electron chi connectivity index (χ3n) is 3.82. The summed E-state index contributed by atoms with van der Waals surface area (Å²) in [6.45, 7) is 0. The topological polar surface area (TPSA) is 66.1 Å². The Bertz CT molecular complexity index is 998. The van der Waals surface area contributed by atoms with E-state index in [-0.39, 0.29) is 0 Å². The van der Waals surface area contributed by atoms with E-state index in [0.717, 1.165) is 16.5 Å². The molecule has 2 atom stereocenters. The van der Waals surface area contributed by atoms with Gasteiger partial charge >= 0.3 is 0 Å². The molecule has 2 aromatic carbocycles. The summed E-state index contributed by atoms with van der Waals surface area (Å²) in [4.78, 5) is 0.312. The molecule has 1 N–H and O–H groups in total. The highest BCUT2D eigenvalue weighted by Crippen LogP contribution is 2.55. The fraction of sp³-hybridized carbons (Fsp3) is 0.0714. The predicted octanol–water partition coefficient (Wildman–Crippen LogP) is 2.63. The lowest BCUT2D eigenvalue weighted by atomic mass is 10.2. The van der Waals surface area contributed by atoms with Gasteiger partial charge in [-0.05, 0) is 18.2 Å². The Labute approximate surface area is 132 Å². The van der Waals surface area contributed by atoms with Crippen LogP contribution in [0, 0.1) is 0 Å². The van der Waals surface area contributed by atoms with Crippen LogP contribution in [0.4, 0.5) is 5.82 Å². The molecule has 3 aromatic rings. The minimum absolute atomic E-state index is 0.312. The van der Waals surface area contributed by atoms with Crippen molar-refractivity contribution in [2.24, 2.45) is 0 Å². The number of nitrogens with one attached hydrogen (secondary N) is 1. The Morgan fingerprint density at radius 3 is 2.50 bits per heavy atom. The number of fused-ring (bicyclic) bond motifs is 2. The van der Waals surface area contributed by atoms with E-state index >= 15 is 0 Å². The maximum Gasteiger partial charge on any atom is 0.267 e. The summed E-state index contributed by atoms with van der Waals surface area (Å²) < 4.78 is 27.3. The van der Waals surface area contributed by atoms with Crippen LogP contribution in [0.25, 0.3) is 10.9 Å². The van der Waals surface area contributed by atoms with E-state index in [0.29, 0.717) is 10.7 Å². The zero-order valence-electron chi connectivity index (χ0n) is 11.4. The highest BCUT2D eigenvalue weighted by Gasteiger charge is 2.50. The lowest BCUT2D eigenvalue weighted by Crippen LogP contribution is -2.35. The van der Waals surface area contributed by atoms with Crippen molar-refractivity contribution in [3.8, 4) is 0 Å². The van der Waals surface area contributed by atoms with Crippen molar-refractivity contribution < 1.29 is 8.42 Å². The fourth-order valence-electron chi connectivity index (χ4n) is 2.82. The second-order valence-corrected chi connectivity index (χ2v) is 9.37. The van der Waals surface area contributed by atoms with Gasteiger partial charge in [0.2, 0.25) is 0 Å². The van der Waals surface area contributed by atoms with E-state index in [9.17, 15) is 8.42 Å². The van der Waals surface area contributed by atoms with Crippen LogP contribution in [-0.2, 0) is 15.0 Å². The molecule has 8 heteroatoms. The summed E-state index contributed by atoms with van der Waals surface area (Å²) in [6, 6.07) is 14.5. The van der Waals surface area contributed by atoms with Gasteiger partial charge in [-0.15, -0.1) is 0 Å². The van der Waals surface area contributed by atoms with Crippen LogP contribution in [-0.4, -0.2) is 18.6 Å². The highest BCUT2D eigenvalue weighted by molar-refractivity contribution is 7.94. The van der Waals surface area contributed by atoms with E-state index in [1.165, 1.54) is 4.31 Å². The molecule has 2 heterocycles. The van der Waals surface area contributed by atoms with Crippen molar-refractivity contribution >= 4 is 45.2 Å². The average Bonchev–Trinajstić information content (AvgIpc) is 2.96. The van der Waals surface area contributed by atoms with Gasteiger partial charge in [-0.2, -0.15) is 5.10 Å². The molecule has 2 unspecified atom stereocenters. The molecule has 5 nitrogen and oxygen atoms in total. The number of aromatic nitrogens is 2. The van der Waals surface area contributed by atoms with E-state index in [1.54, 1.807) is 12.1 Å². The number of para-hydroxylation sites is 1. The molecule has 112 valence electrons. The molecule has 1 aliphatic rings. The number of H-pyrrole nitrogens is 1. The number of rotatable bonds is 1.